The van der Waals surface area contributed by atoms with Crippen LogP contribution in [0.4, 0.5) is 11.4 Å². The first-order chi connectivity index (χ1) is 13.5. The van der Waals surface area contributed by atoms with Crippen LogP contribution in [0, 0.1) is 6.92 Å². The van der Waals surface area contributed by atoms with E-state index in [0.717, 1.165) is 47.4 Å². The van der Waals surface area contributed by atoms with Gasteiger partial charge in [0.25, 0.3) is 5.91 Å². The van der Waals surface area contributed by atoms with Crippen LogP contribution in [-0.2, 0) is 12.8 Å². The molecule has 146 valence electrons. The zero-order chi connectivity index (χ0) is 19.7. The third-order valence-electron chi connectivity index (χ3n) is 5.18. The minimum absolute atomic E-state index is 0.104. The molecule has 0 aliphatic heterocycles. The second-order valence-corrected chi connectivity index (χ2v) is 8.26. The normalized spacial score (nSPS) is 16.0. The monoisotopic (exact) mass is 395 g/mol. The Bertz CT molecular complexity index is 1030. The smallest absolute Gasteiger partial charge is 0.263 e. The summed E-state index contributed by atoms with van der Waals surface area (Å²) in [6, 6.07) is 10.4. The molecule has 28 heavy (non-hydrogen) atoms. The first kappa shape index (κ1) is 18.7. The Morgan fingerprint density at radius 1 is 1.29 bits per heavy atom. The number of fused-ring (bicyclic) bond motifs is 2. The molecule has 2 heterocycles. The predicted molar refractivity (Wildman–Crippen MR) is 116 cm³/mol. The van der Waals surface area contributed by atoms with E-state index in [0.29, 0.717) is 17.1 Å². The van der Waals surface area contributed by atoms with Crippen LogP contribution in [0.3, 0.4) is 0 Å². The van der Waals surface area contributed by atoms with Gasteiger partial charge in [-0.25, -0.2) is 4.98 Å². The van der Waals surface area contributed by atoms with E-state index in [1.807, 2.05) is 19.1 Å². The van der Waals surface area contributed by atoms with Crippen molar-refractivity contribution in [1.82, 2.24) is 10.3 Å². The number of hydrogen-bond acceptors (Lipinski definition) is 6. The topological polar surface area (TPSA) is 106 Å². The van der Waals surface area contributed by atoms with Crippen molar-refractivity contribution in [2.45, 2.75) is 32.2 Å². The van der Waals surface area contributed by atoms with Gasteiger partial charge >= 0.3 is 0 Å². The van der Waals surface area contributed by atoms with Gasteiger partial charge in [0.15, 0.2) is 0 Å². The fourth-order valence-electron chi connectivity index (χ4n) is 3.71. The van der Waals surface area contributed by atoms with Gasteiger partial charge in [0.1, 0.15) is 9.71 Å². The lowest BCUT2D eigenvalue weighted by atomic mass is 9.88. The summed E-state index contributed by atoms with van der Waals surface area (Å²) in [4.78, 5) is 18.7. The second kappa shape index (κ2) is 7.77. The average Bonchev–Trinajstić information content (AvgIpc) is 3.02. The number of rotatable bonds is 5. The number of aromatic nitrogens is 1. The minimum Gasteiger partial charge on any atom is -0.397 e. The highest BCUT2D eigenvalue weighted by Crippen LogP contribution is 2.33. The van der Waals surface area contributed by atoms with Crippen molar-refractivity contribution in [1.29, 1.82) is 0 Å². The molecule has 3 aromatic rings. The predicted octanol–water partition coefficient (Wildman–Crippen LogP) is 2.84. The van der Waals surface area contributed by atoms with Crippen LogP contribution in [-0.4, -0.2) is 30.0 Å². The van der Waals surface area contributed by atoms with Crippen LogP contribution in [0.1, 0.15) is 32.9 Å². The van der Waals surface area contributed by atoms with E-state index in [1.54, 1.807) is 0 Å². The Morgan fingerprint density at radius 2 is 2.14 bits per heavy atom. The van der Waals surface area contributed by atoms with Gasteiger partial charge in [0.05, 0.1) is 5.69 Å². The molecule has 0 saturated carbocycles. The third-order valence-corrected chi connectivity index (χ3v) is 6.30. The van der Waals surface area contributed by atoms with Gasteiger partial charge in [-0.05, 0) is 61.6 Å². The Kier molecular flexibility index (Phi) is 5.19. The van der Waals surface area contributed by atoms with Crippen LogP contribution >= 0.6 is 11.3 Å². The Balaban J connectivity index is 1.47. The molecule has 6 N–H and O–H groups in total. The van der Waals surface area contributed by atoms with Crippen LogP contribution in [0.2, 0.25) is 0 Å². The highest BCUT2D eigenvalue weighted by molar-refractivity contribution is 7.21. The molecule has 0 spiro atoms. The van der Waals surface area contributed by atoms with Crippen molar-refractivity contribution in [3.05, 3.63) is 52.0 Å². The molecule has 7 heteroatoms. The highest BCUT2D eigenvalue weighted by Gasteiger charge is 2.24. The molecule has 6 nitrogen and oxygen atoms in total. The lowest BCUT2D eigenvalue weighted by molar-refractivity contribution is 0.0938. The van der Waals surface area contributed by atoms with E-state index < -0.39 is 0 Å². The summed E-state index contributed by atoms with van der Waals surface area (Å²) in [7, 11) is 0. The zero-order valence-electron chi connectivity index (χ0n) is 15.9. The molecule has 0 fully saturated rings. The number of benzene rings is 1. The Hall–Kier alpha value is -2.64. The van der Waals surface area contributed by atoms with Gasteiger partial charge in [0.2, 0.25) is 0 Å². The summed E-state index contributed by atoms with van der Waals surface area (Å²) in [5.41, 5.74) is 17.0. The van der Waals surface area contributed by atoms with E-state index in [9.17, 15) is 4.79 Å². The van der Waals surface area contributed by atoms with Gasteiger partial charge in [-0.1, -0.05) is 6.07 Å². The molecule has 1 aliphatic carbocycles. The molecular formula is C21H25N5OS. The largest absolute Gasteiger partial charge is 0.397 e. The standard InChI is InChI=1S/C21H25N5OS/c1-12-2-7-17-18(23)19(28-21(17)25-12)20(27)26-16-6-4-13-10-15(24-9-8-22)5-3-14(13)11-16/h2-3,5,7,10,16,24H,4,6,8-9,11,22-23H2,1H3,(H,26,27)/t16-/m1/s1. The summed E-state index contributed by atoms with van der Waals surface area (Å²) in [6.45, 7) is 3.31. The van der Waals surface area contributed by atoms with Crippen molar-refractivity contribution < 1.29 is 4.79 Å². The number of hydrogen-bond donors (Lipinski definition) is 4. The first-order valence-corrected chi connectivity index (χ1v) is 10.4. The number of carbonyl (C=O) groups excluding carboxylic acids is 1. The summed E-state index contributed by atoms with van der Waals surface area (Å²) in [5.74, 6) is -0.104. The first-order valence-electron chi connectivity index (χ1n) is 9.57. The Labute approximate surface area is 168 Å². The van der Waals surface area contributed by atoms with Crippen molar-refractivity contribution in [3.8, 4) is 0 Å². The maximum absolute atomic E-state index is 12.8. The fourth-order valence-corrected chi connectivity index (χ4v) is 4.76. The summed E-state index contributed by atoms with van der Waals surface area (Å²) in [5, 5.41) is 7.35. The molecule has 0 radical (unpaired) electrons. The molecule has 1 aliphatic rings. The lowest BCUT2D eigenvalue weighted by Crippen LogP contribution is -2.38. The number of nitrogens with two attached hydrogens (primary N) is 2. The van der Waals surface area contributed by atoms with Crippen LogP contribution in [0.25, 0.3) is 10.2 Å². The fraction of sp³-hybridized carbons (Fsp3) is 0.333. The number of carbonyl (C=O) groups is 1. The number of nitrogens with one attached hydrogen (secondary N) is 2. The van der Waals surface area contributed by atoms with E-state index in [1.165, 1.54) is 22.5 Å². The van der Waals surface area contributed by atoms with Crippen LogP contribution in [0.15, 0.2) is 30.3 Å². The SMILES string of the molecule is Cc1ccc2c(N)c(C(=O)N[C@@H]3CCc4cc(NCCN)ccc4C3)sc2n1. The van der Waals surface area contributed by atoms with Crippen molar-refractivity contribution >= 4 is 38.8 Å². The van der Waals surface area contributed by atoms with E-state index in [4.69, 9.17) is 11.5 Å². The Morgan fingerprint density at radius 3 is 2.96 bits per heavy atom. The molecule has 0 bridgehead atoms. The molecule has 1 amide bonds. The van der Waals surface area contributed by atoms with Crippen molar-refractivity contribution in [2.75, 3.05) is 24.1 Å². The zero-order valence-corrected chi connectivity index (χ0v) is 16.7. The molecule has 4 rings (SSSR count). The molecule has 2 aromatic heterocycles. The molecule has 1 atom stereocenters. The van der Waals surface area contributed by atoms with E-state index in [-0.39, 0.29) is 11.9 Å². The quantitative estimate of drug-likeness (QED) is 0.532. The third kappa shape index (κ3) is 3.68. The number of aryl methyl sites for hydroxylation is 2. The molecule has 0 saturated heterocycles. The van der Waals surface area contributed by atoms with Gasteiger partial charge in [-0.15, -0.1) is 11.3 Å². The van der Waals surface area contributed by atoms with Crippen LogP contribution in [0.5, 0.6) is 0 Å². The maximum atomic E-state index is 12.8. The van der Waals surface area contributed by atoms with Gasteiger partial charge in [-0.3, -0.25) is 4.79 Å². The van der Waals surface area contributed by atoms with Gasteiger partial charge in [0, 0.05) is 35.9 Å². The number of pyridine rings is 1. The summed E-state index contributed by atoms with van der Waals surface area (Å²) >= 11 is 1.36. The maximum Gasteiger partial charge on any atom is 0.263 e. The van der Waals surface area contributed by atoms with Crippen LogP contribution < -0.4 is 22.1 Å². The number of anilines is 2. The summed E-state index contributed by atoms with van der Waals surface area (Å²) in [6.07, 6.45) is 2.70. The van der Waals surface area contributed by atoms with Gasteiger partial charge in [-0.2, -0.15) is 0 Å². The average molecular weight is 396 g/mol. The minimum atomic E-state index is -0.104. The number of thiophene rings is 1. The van der Waals surface area contributed by atoms with E-state index >= 15 is 0 Å². The number of nitrogen functional groups attached to an aromatic ring is 1. The van der Waals surface area contributed by atoms with Crippen molar-refractivity contribution in [2.24, 2.45) is 5.73 Å². The number of amides is 1. The van der Waals surface area contributed by atoms with Gasteiger partial charge < -0.3 is 22.1 Å². The lowest BCUT2D eigenvalue weighted by Gasteiger charge is -2.26. The highest BCUT2D eigenvalue weighted by atomic mass is 32.1. The summed E-state index contributed by atoms with van der Waals surface area (Å²) < 4.78 is 0. The van der Waals surface area contributed by atoms with Crippen molar-refractivity contribution in [3.63, 3.8) is 0 Å². The number of nitrogens with zero attached hydrogens (tertiary/aromatic N) is 1. The molecular weight excluding hydrogens is 370 g/mol. The molecule has 0 unspecified atom stereocenters. The second-order valence-electron chi connectivity index (χ2n) is 7.26. The van der Waals surface area contributed by atoms with E-state index in [2.05, 4.69) is 33.8 Å². The molecule has 1 aromatic carbocycles.